The molecule has 4 heteroatoms. The van der Waals surface area contributed by atoms with E-state index in [1.54, 1.807) is 0 Å². The fourth-order valence-electron chi connectivity index (χ4n) is 3.23. The van der Waals surface area contributed by atoms with Crippen LogP contribution in [0.25, 0.3) is 0 Å². The molecule has 0 spiro atoms. The molecule has 0 aromatic rings. The van der Waals surface area contributed by atoms with E-state index in [0.717, 1.165) is 32.1 Å². The van der Waals surface area contributed by atoms with Gasteiger partial charge in [0.25, 0.3) is 0 Å². The molecular formula is C14H22N2O2. The molecule has 2 aliphatic carbocycles. The van der Waals surface area contributed by atoms with Gasteiger partial charge in [0, 0.05) is 6.54 Å². The average Bonchev–Trinajstić information content (AvgIpc) is 3.17. The summed E-state index contributed by atoms with van der Waals surface area (Å²) in [6.45, 7) is 4.73. The zero-order chi connectivity index (χ0) is 12.9. The van der Waals surface area contributed by atoms with Crippen LogP contribution in [0.15, 0.2) is 0 Å². The Balaban J connectivity index is 1.89. The molecule has 1 N–H and O–H groups in total. The van der Waals surface area contributed by atoms with E-state index in [1.807, 2.05) is 11.8 Å². The smallest absolute Gasteiger partial charge is 0.246 e. The molecule has 100 valence electrons. The Morgan fingerprint density at radius 3 is 2.44 bits per heavy atom. The molecule has 1 heterocycles. The number of hydrogen-bond acceptors (Lipinski definition) is 2. The van der Waals surface area contributed by atoms with Gasteiger partial charge in [0.1, 0.15) is 11.6 Å². The Morgan fingerprint density at radius 1 is 1.28 bits per heavy atom. The van der Waals surface area contributed by atoms with Crippen LogP contribution in [0.2, 0.25) is 0 Å². The molecule has 3 fully saturated rings. The molecule has 1 aliphatic heterocycles. The van der Waals surface area contributed by atoms with E-state index in [-0.39, 0.29) is 17.9 Å². The third kappa shape index (κ3) is 1.65. The number of amides is 2. The summed E-state index contributed by atoms with van der Waals surface area (Å²) in [5, 5.41) is 3.00. The molecule has 2 unspecified atom stereocenters. The minimum atomic E-state index is -0.585. The Morgan fingerprint density at radius 2 is 1.94 bits per heavy atom. The topological polar surface area (TPSA) is 49.4 Å². The Kier molecular flexibility index (Phi) is 2.65. The fourth-order valence-corrected chi connectivity index (χ4v) is 3.23. The predicted molar refractivity (Wildman–Crippen MR) is 67.8 cm³/mol. The number of carbonyl (C=O) groups is 2. The number of nitrogens with one attached hydrogen (secondary N) is 1. The van der Waals surface area contributed by atoms with Crippen molar-refractivity contribution in [1.82, 2.24) is 10.2 Å². The second-order valence-electron chi connectivity index (χ2n) is 6.20. The van der Waals surface area contributed by atoms with E-state index in [4.69, 9.17) is 0 Å². The number of rotatable bonds is 4. The highest BCUT2D eigenvalue weighted by Crippen LogP contribution is 2.46. The van der Waals surface area contributed by atoms with E-state index in [9.17, 15) is 9.59 Å². The van der Waals surface area contributed by atoms with Crippen LogP contribution in [0.3, 0.4) is 0 Å². The predicted octanol–water partition coefficient (Wildman–Crippen LogP) is 1.30. The SMILES string of the molecule is CCCN1C(=O)C(C2CC2)NC(=O)C1(C)C1CC1. The molecule has 4 nitrogen and oxygen atoms in total. The molecule has 2 amide bonds. The standard InChI is InChI=1S/C14H22N2O2/c1-3-8-16-12(17)11(9-4-5-9)15-13(18)14(16,2)10-6-7-10/h9-11H,3-8H2,1-2H3,(H,15,18). The van der Waals surface area contributed by atoms with Crippen molar-refractivity contribution < 1.29 is 9.59 Å². The van der Waals surface area contributed by atoms with Crippen LogP contribution in [0.4, 0.5) is 0 Å². The number of piperazine rings is 1. The highest BCUT2D eigenvalue weighted by atomic mass is 16.2. The molecule has 0 aromatic carbocycles. The largest absolute Gasteiger partial charge is 0.342 e. The molecule has 0 radical (unpaired) electrons. The Hall–Kier alpha value is -1.06. The minimum Gasteiger partial charge on any atom is -0.342 e. The van der Waals surface area contributed by atoms with Crippen molar-refractivity contribution in [1.29, 1.82) is 0 Å². The molecule has 3 aliphatic rings. The van der Waals surface area contributed by atoms with Gasteiger partial charge in [-0.3, -0.25) is 9.59 Å². The van der Waals surface area contributed by atoms with Crippen molar-refractivity contribution in [2.75, 3.05) is 6.54 Å². The van der Waals surface area contributed by atoms with Crippen molar-refractivity contribution in [2.24, 2.45) is 11.8 Å². The van der Waals surface area contributed by atoms with E-state index in [2.05, 4.69) is 12.2 Å². The zero-order valence-corrected chi connectivity index (χ0v) is 11.2. The number of nitrogens with zero attached hydrogens (tertiary/aromatic N) is 1. The normalized spacial score (nSPS) is 36.8. The fraction of sp³-hybridized carbons (Fsp3) is 0.857. The maximum atomic E-state index is 12.6. The third-order valence-electron chi connectivity index (χ3n) is 4.75. The van der Waals surface area contributed by atoms with Crippen molar-refractivity contribution in [3.8, 4) is 0 Å². The summed E-state index contributed by atoms with van der Waals surface area (Å²) in [7, 11) is 0. The molecule has 18 heavy (non-hydrogen) atoms. The summed E-state index contributed by atoms with van der Waals surface area (Å²) < 4.78 is 0. The molecule has 2 saturated carbocycles. The highest BCUT2D eigenvalue weighted by molar-refractivity contribution is 6.00. The third-order valence-corrected chi connectivity index (χ3v) is 4.75. The maximum Gasteiger partial charge on any atom is 0.246 e. The van der Waals surface area contributed by atoms with Gasteiger partial charge in [0.15, 0.2) is 0 Å². The van der Waals surface area contributed by atoms with E-state index < -0.39 is 5.54 Å². The zero-order valence-electron chi connectivity index (χ0n) is 11.2. The Bertz CT molecular complexity index is 387. The van der Waals surface area contributed by atoms with Gasteiger partial charge in [-0.25, -0.2) is 0 Å². The van der Waals surface area contributed by atoms with Crippen LogP contribution in [0, 0.1) is 11.8 Å². The summed E-state index contributed by atoms with van der Waals surface area (Å²) in [6.07, 6.45) is 5.23. The van der Waals surface area contributed by atoms with Crippen LogP contribution in [-0.2, 0) is 9.59 Å². The van der Waals surface area contributed by atoms with Gasteiger partial charge in [0.2, 0.25) is 11.8 Å². The highest BCUT2D eigenvalue weighted by Gasteiger charge is 2.58. The van der Waals surface area contributed by atoms with Crippen LogP contribution in [0.1, 0.15) is 46.0 Å². The first-order valence-electron chi connectivity index (χ1n) is 7.21. The van der Waals surface area contributed by atoms with Gasteiger partial charge >= 0.3 is 0 Å². The Labute approximate surface area is 108 Å². The first-order chi connectivity index (χ1) is 8.59. The van der Waals surface area contributed by atoms with E-state index in [1.165, 1.54) is 0 Å². The maximum absolute atomic E-state index is 12.6. The summed E-state index contributed by atoms with van der Waals surface area (Å²) in [6, 6.07) is -0.240. The number of hydrogen-bond donors (Lipinski definition) is 1. The van der Waals surface area contributed by atoms with Crippen LogP contribution in [0.5, 0.6) is 0 Å². The summed E-state index contributed by atoms with van der Waals surface area (Å²) >= 11 is 0. The minimum absolute atomic E-state index is 0.0787. The lowest BCUT2D eigenvalue weighted by atomic mass is 9.87. The lowest BCUT2D eigenvalue weighted by Crippen LogP contribution is -2.71. The lowest BCUT2D eigenvalue weighted by molar-refractivity contribution is -0.158. The molecule has 2 atom stereocenters. The first-order valence-corrected chi connectivity index (χ1v) is 7.21. The van der Waals surface area contributed by atoms with Crippen LogP contribution >= 0.6 is 0 Å². The summed E-state index contributed by atoms with van der Waals surface area (Å²) in [5.41, 5.74) is -0.585. The summed E-state index contributed by atoms with van der Waals surface area (Å²) in [4.78, 5) is 26.9. The van der Waals surface area contributed by atoms with Crippen LogP contribution in [-0.4, -0.2) is 34.8 Å². The van der Waals surface area contributed by atoms with Gasteiger partial charge < -0.3 is 10.2 Å². The van der Waals surface area contributed by atoms with Gasteiger partial charge in [-0.05, 0) is 50.9 Å². The van der Waals surface area contributed by atoms with Crippen molar-refractivity contribution in [3.05, 3.63) is 0 Å². The quantitative estimate of drug-likeness (QED) is 0.817. The van der Waals surface area contributed by atoms with Gasteiger partial charge in [0.05, 0.1) is 0 Å². The van der Waals surface area contributed by atoms with Gasteiger partial charge in [-0.1, -0.05) is 6.92 Å². The average molecular weight is 250 g/mol. The molecule has 0 bridgehead atoms. The van der Waals surface area contributed by atoms with Crippen LogP contribution < -0.4 is 5.32 Å². The summed E-state index contributed by atoms with van der Waals surface area (Å²) in [5.74, 6) is 1.00. The van der Waals surface area contributed by atoms with E-state index >= 15 is 0 Å². The second-order valence-corrected chi connectivity index (χ2v) is 6.20. The first kappa shape index (κ1) is 12.0. The molecule has 0 aromatic heterocycles. The second kappa shape index (κ2) is 3.97. The molecular weight excluding hydrogens is 228 g/mol. The van der Waals surface area contributed by atoms with E-state index in [0.29, 0.717) is 18.4 Å². The lowest BCUT2D eigenvalue weighted by Gasteiger charge is -2.47. The monoisotopic (exact) mass is 250 g/mol. The van der Waals surface area contributed by atoms with Gasteiger partial charge in [-0.15, -0.1) is 0 Å². The molecule has 3 rings (SSSR count). The number of carbonyl (C=O) groups excluding carboxylic acids is 2. The van der Waals surface area contributed by atoms with Crippen molar-refractivity contribution >= 4 is 11.8 Å². The van der Waals surface area contributed by atoms with Crippen molar-refractivity contribution in [3.63, 3.8) is 0 Å². The molecule has 1 saturated heterocycles. The van der Waals surface area contributed by atoms with Crippen molar-refractivity contribution in [2.45, 2.75) is 57.5 Å². The van der Waals surface area contributed by atoms with Gasteiger partial charge in [-0.2, -0.15) is 0 Å².